The standard InChI is InChI=1S/C12H11NS/c1-3-6-10-9-7-4-5-8-11(9)14-12(10)13-2/h3-8H,1H2,2H3/b10-6-,13-12?. The third kappa shape index (κ3) is 1.42. The zero-order valence-corrected chi connectivity index (χ0v) is 8.84. The van der Waals surface area contributed by atoms with Crippen molar-refractivity contribution in [2.24, 2.45) is 4.99 Å². The molecule has 2 rings (SSSR count). The summed E-state index contributed by atoms with van der Waals surface area (Å²) in [5.41, 5.74) is 2.45. The molecule has 70 valence electrons. The highest BCUT2D eigenvalue weighted by atomic mass is 32.2. The minimum atomic E-state index is 1.08. The van der Waals surface area contributed by atoms with Gasteiger partial charge in [-0.2, -0.15) is 0 Å². The van der Waals surface area contributed by atoms with Gasteiger partial charge in [-0.3, -0.25) is 4.99 Å². The molecule has 0 fully saturated rings. The molecule has 1 nitrogen and oxygen atoms in total. The summed E-state index contributed by atoms with van der Waals surface area (Å²) in [4.78, 5) is 5.54. The quantitative estimate of drug-likeness (QED) is 0.678. The molecule has 0 unspecified atom stereocenters. The molecule has 0 saturated carbocycles. The summed E-state index contributed by atoms with van der Waals surface area (Å²) in [5.74, 6) is 0. The van der Waals surface area contributed by atoms with Crippen LogP contribution >= 0.6 is 11.8 Å². The smallest absolute Gasteiger partial charge is 0.103 e. The molecule has 0 atom stereocenters. The van der Waals surface area contributed by atoms with Gasteiger partial charge in [0, 0.05) is 17.5 Å². The fourth-order valence-corrected chi connectivity index (χ4v) is 2.52. The summed E-state index contributed by atoms with van der Waals surface area (Å²) >= 11 is 1.72. The molecule has 1 aromatic carbocycles. The molecule has 0 spiro atoms. The van der Waals surface area contributed by atoms with Gasteiger partial charge in [0.15, 0.2) is 0 Å². The lowest BCUT2D eigenvalue weighted by Gasteiger charge is -1.97. The number of hydrogen-bond acceptors (Lipinski definition) is 2. The van der Waals surface area contributed by atoms with E-state index in [1.807, 2.05) is 19.2 Å². The van der Waals surface area contributed by atoms with Crippen LogP contribution in [0, 0.1) is 0 Å². The maximum Gasteiger partial charge on any atom is 0.103 e. The third-order valence-electron chi connectivity index (χ3n) is 2.10. The minimum absolute atomic E-state index is 1.08. The van der Waals surface area contributed by atoms with Crippen molar-refractivity contribution in [2.75, 3.05) is 7.05 Å². The van der Waals surface area contributed by atoms with Crippen LogP contribution in [0.1, 0.15) is 5.56 Å². The van der Waals surface area contributed by atoms with E-state index in [1.54, 1.807) is 11.8 Å². The Morgan fingerprint density at radius 1 is 1.36 bits per heavy atom. The average Bonchev–Trinajstić information content (AvgIpc) is 2.58. The molecule has 0 saturated heterocycles. The molecule has 0 radical (unpaired) electrons. The molecule has 2 heteroatoms. The molecule has 14 heavy (non-hydrogen) atoms. The zero-order chi connectivity index (χ0) is 9.97. The average molecular weight is 201 g/mol. The first-order valence-electron chi connectivity index (χ1n) is 4.44. The maximum atomic E-state index is 4.27. The van der Waals surface area contributed by atoms with E-state index in [0.717, 1.165) is 5.04 Å². The fraction of sp³-hybridized carbons (Fsp3) is 0.0833. The second-order valence-electron chi connectivity index (χ2n) is 2.94. The number of nitrogens with zero attached hydrogens (tertiary/aromatic N) is 1. The Kier molecular flexibility index (Phi) is 2.55. The molecule has 0 amide bonds. The topological polar surface area (TPSA) is 12.4 Å². The lowest BCUT2D eigenvalue weighted by Crippen LogP contribution is -1.87. The number of rotatable bonds is 1. The van der Waals surface area contributed by atoms with Crippen LogP contribution in [0.2, 0.25) is 0 Å². The van der Waals surface area contributed by atoms with Crippen molar-refractivity contribution in [2.45, 2.75) is 4.90 Å². The Hall–Kier alpha value is -1.28. The molecule has 0 aromatic heterocycles. The minimum Gasteiger partial charge on any atom is -0.281 e. The Bertz CT molecular complexity index is 430. The largest absolute Gasteiger partial charge is 0.281 e. The van der Waals surface area contributed by atoms with E-state index in [4.69, 9.17) is 0 Å². The lowest BCUT2D eigenvalue weighted by atomic mass is 10.1. The maximum absolute atomic E-state index is 4.27. The second kappa shape index (κ2) is 3.84. The highest BCUT2D eigenvalue weighted by Gasteiger charge is 2.21. The van der Waals surface area contributed by atoms with Gasteiger partial charge >= 0.3 is 0 Å². The molecular formula is C12H11NS. The van der Waals surface area contributed by atoms with E-state index in [9.17, 15) is 0 Å². The van der Waals surface area contributed by atoms with Crippen molar-refractivity contribution in [3.05, 3.63) is 48.6 Å². The summed E-state index contributed by atoms with van der Waals surface area (Å²) in [6.07, 6.45) is 3.82. The van der Waals surface area contributed by atoms with Gasteiger partial charge in [0.25, 0.3) is 0 Å². The monoisotopic (exact) mass is 201 g/mol. The number of hydrogen-bond donors (Lipinski definition) is 0. The van der Waals surface area contributed by atoms with Crippen molar-refractivity contribution < 1.29 is 0 Å². The number of thioether (sulfide) groups is 1. The predicted molar refractivity (Wildman–Crippen MR) is 63.8 cm³/mol. The SMILES string of the molecule is C=C/C=C1\C(=NC)Sc2ccccc21. The van der Waals surface area contributed by atoms with Crippen LogP contribution in [0.3, 0.4) is 0 Å². The van der Waals surface area contributed by atoms with E-state index < -0.39 is 0 Å². The third-order valence-corrected chi connectivity index (χ3v) is 3.27. The Morgan fingerprint density at radius 3 is 2.86 bits per heavy atom. The predicted octanol–water partition coefficient (Wildman–Crippen LogP) is 3.39. The van der Waals surface area contributed by atoms with Gasteiger partial charge in [-0.15, -0.1) is 0 Å². The van der Waals surface area contributed by atoms with Crippen LogP contribution in [0.25, 0.3) is 5.57 Å². The Balaban J connectivity index is 2.58. The molecule has 1 aliphatic rings. The molecular weight excluding hydrogens is 190 g/mol. The van der Waals surface area contributed by atoms with Crippen LogP contribution in [-0.4, -0.2) is 12.1 Å². The Labute approximate surface area is 88.3 Å². The van der Waals surface area contributed by atoms with Crippen LogP contribution in [0.15, 0.2) is 52.9 Å². The van der Waals surface area contributed by atoms with Crippen molar-refractivity contribution in [3.63, 3.8) is 0 Å². The summed E-state index contributed by atoms with van der Waals surface area (Å²) in [5, 5.41) is 1.08. The Morgan fingerprint density at radius 2 is 2.14 bits per heavy atom. The van der Waals surface area contributed by atoms with E-state index in [1.165, 1.54) is 16.0 Å². The first-order chi connectivity index (χ1) is 6.86. The number of aliphatic imine (C=N–C) groups is 1. The van der Waals surface area contributed by atoms with Gasteiger partial charge in [-0.1, -0.05) is 48.7 Å². The van der Waals surface area contributed by atoms with E-state index in [0.29, 0.717) is 0 Å². The summed E-state index contributed by atoms with van der Waals surface area (Å²) < 4.78 is 0. The van der Waals surface area contributed by atoms with Gasteiger partial charge < -0.3 is 0 Å². The highest BCUT2D eigenvalue weighted by Crippen LogP contribution is 2.40. The zero-order valence-electron chi connectivity index (χ0n) is 8.03. The van der Waals surface area contributed by atoms with Gasteiger partial charge in [0.1, 0.15) is 5.04 Å². The number of fused-ring (bicyclic) bond motifs is 1. The molecule has 0 aliphatic carbocycles. The van der Waals surface area contributed by atoms with Crippen LogP contribution in [0.4, 0.5) is 0 Å². The van der Waals surface area contributed by atoms with Crippen LogP contribution < -0.4 is 0 Å². The van der Waals surface area contributed by atoms with Crippen LogP contribution in [-0.2, 0) is 0 Å². The molecule has 1 aromatic rings. The van der Waals surface area contributed by atoms with Gasteiger partial charge in [-0.05, 0) is 11.6 Å². The molecule has 1 aliphatic heterocycles. The first kappa shape index (κ1) is 9.28. The first-order valence-corrected chi connectivity index (χ1v) is 5.25. The molecule has 0 N–H and O–H groups in total. The van der Waals surface area contributed by atoms with Gasteiger partial charge in [-0.25, -0.2) is 0 Å². The van der Waals surface area contributed by atoms with Gasteiger partial charge in [0.05, 0.1) is 0 Å². The van der Waals surface area contributed by atoms with Crippen molar-refractivity contribution in [1.82, 2.24) is 0 Å². The van der Waals surface area contributed by atoms with E-state index in [-0.39, 0.29) is 0 Å². The molecule has 0 bridgehead atoms. The summed E-state index contributed by atoms with van der Waals surface area (Å²) in [6, 6.07) is 8.34. The van der Waals surface area contributed by atoms with Crippen molar-refractivity contribution in [3.8, 4) is 0 Å². The van der Waals surface area contributed by atoms with E-state index in [2.05, 4.69) is 35.8 Å². The normalized spacial score (nSPS) is 20.1. The van der Waals surface area contributed by atoms with E-state index >= 15 is 0 Å². The van der Waals surface area contributed by atoms with Crippen molar-refractivity contribution in [1.29, 1.82) is 0 Å². The van der Waals surface area contributed by atoms with Crippen molar-refractivity contribution >= 4 is 22.4 Å². The number of allylic oxidation sites excluding steroid dienone is 2. The second-order valence-corrected chi connectivity index (χ2v) is 3.97. The number of benzene rings is 1. The fourth-order valence-electron chi connectivity index (χ4n) is 1.50. The highest BCUT2D eigenvalue weighted by molar-refractivity contribution is 8.15. The van der Waals surface area contributed by atoms with Crippen LogP contribution in [0.5, 0.6) is 0 Å². The van der Waals surface area contributed by atoms with Gasteiger partial charge in [0.2, 0.25) is 0 Å². The lowest BCUT2D eigenvalue weighted by molar-refractivity contribution is 1.43. The summed E-state index contributed by atoms with van der Waals surface area (Å²) in [7, 11) is 1.82. The molecule has 1 heterocycles. The summed E-state index contributed by atoms with van der Waals surface area (Å²) in [6.45, 7) is 3.73.